The SMILES string of the molecule is COCCCNCc1cc(Cl)c(OCc2ccc(C)cc2)c(OC)c1. The maximum atomic E-state index is 6.41. The van der Waals surface area contributed by atoms with Crippen LogP contribution in [0.25, 0.3) is 0 Å². The van der Waals surface area contributed by atoms with E-state index in [9.17, 15) is 0 Å². The molecule has 0 unspecified atom stereocenters. The van der Waals surface area contributed by atoms with Gasteiger partial charge in [0.2, 0.25) is 0 Å². The van der Waals surface area contributed by atoms with Gasteiger partial charge in [0.15, 0.2) is 11.5 Å². The highest BCUT2D eigenvalue weighted by Gasteiger charge is 2.12. The molecule has 0 amide bonds. The van der Waals surface area contributed by atoms with Gasteiger partial charge >= 0.3 is 0 Å². The van der Waals surface area contributed by atoms with Crippen LogP contribution < -0.4 is 14.8 Å². The molecule has 4 nitrogen and oxygen atoms in total. The van der Waals surface area contributed by atoms with Crippen LogP contribution >= 0.6 is 11.6 Å². The van der Waals surface area contributed by atoms with Crippen LogP contribution in [0.5, 0.6) is 11.5 Å². The average molecular weight is 364 g/mol. The Morgan fingerprint density at radius 3 is 2.48 bits per heavy atom. The third-order valence-electron chi connectivity index (χ3n) is 3.82. The zero-order valence-corrected chi connectivity index (χ0v) is 15.9. The van der Waals surface area contributed by atoms with Gasteiger partial charge in [-0.2, -0.15) is 0 Å². The molecule has 0 aliphatic rings. The summed E-state index contributed by atoms with van der Waals surface area (Å²) < 4.78 is 16.4. The molecule has 0 aliphatic carbocycles. The van der Waals surface area contributed by atoms with Crippen molar-refractivity contribution < 1.29 is 14.2 Å². The number of methoxy groups -OCH3 is 2. The van der Waals surface area contributed by atoms with Crippen LogP contribution in [0.2, 0.25) is 5.02 Å². The van der Waals surface area contributed by atoms with E-state index in [0.717, 1.165) is 37.2 Å². The second-order valence-corrected chi connectivity index (χ2v) is 6.31. The molecule has 0 saturated heterocycles. The van der Waals surface area contributed by atoms with Crippen LogP contribution in [0.4, 0.5) is 0 Å². The molecule has 25 heavy (non-hydrogen) atoms. The Morgan fingerprint density at radius 2 is 1.80 bits per heavy atom. The van der Waals surface area contributed by atoms with Crippen LogP contribution in [0.1, 0.15) is 23.1 Å². The van der Waals surface area contributed by atoms with E-state index in [1.54, 1.807) is 14.2 Å². The summed E-state index contributed by atoms with van der Waals surface area (Å²) in [5, 5.41) is 3.92. The lowest BCUT2D eigenvalue weighted by atomic mass is 10.1. The monoisotopic (exact) mass is 363 g/mol. The molecule has 0 aromatic heterocycles. The second-order valence-electron chi connectivity index (χ2n) is 5.91. The maximum absolute atomic E-state index is 6.41. The van der Waals surface area contributed by atoms with Crippen LogP contribution in [0.15, 0.2) is 36.4 Å². The van der Waals surface area contributed by atoms with E-state index in [4.69, 9.17) is 25.8 Å². The Balaban J connectivity index is 1.99. The molecule has 2 rings (SSSR count). The predicted molar refractivity (Wildman–Crippen MR) is 102 cm³/mol. The topological polar surface area (TPSA) is 39.7 Å². The van der Waals surface area contributed by atoms with E-state index in [2.05, 4.69) is 24.4 Å². The molecule has 0 radical (unpaired) electrons. The van der Waals surface area contributed by atoms with Crippen molar-refractivity contribution in [2.45, 2.75) is 26.5 Å². The van der Waals surface area contributed by atoms with E-state index in [0.29, 0.717) is 23.1 Å². The quantitative estimate of drug-likeness (QED) is 0.636. The summed E-state index contributed by atoms with van der Waals surface area (Å²) in [6.07, 6.45) is 0.971. The normalized spacial score (nSPS) is 10.7. The van der Waals surface area contributed by atoms with E-state index in [1.165, 1.54) is 5.56 Å². The summed E-state index contributed by atoms with van der Waals surface area (Å²) in [6.45, 7) is 4.87. The maximum Gasteiger partial charge on any atom is 0.180 e. The van der Waals surface area contributed by atoms with Crippen LogP contribution in [0, 0.1) is 6.92 Å². The first-order valence-electron chi connectivity index (χ1n) is 8.38. The molecule has 0 spiro atoms. The first-order chi connectivity index (χ1) is 12.1. The number of hydrogen-bond acceptors (Lipinski definition) is 4. The summed E-state index contributed by atoms with van der Waals surface area (Å²) in [4.78, 5) is 0. The van der Waals surface area contributed by atoms with Gasteiger partial charge in [-0.15, -0.1) is 0 Å². The standard InChI is InChI=1S/C20H26ClNO3/c1-15-5-7-16(8-6-15)14-25-20-18(21)11-17(12-19(20)24-3)13-22-9-4-10-23-2/h5-8,11-12,22H,4,9-10,13-14H2,1-3H3. The van der Waals surface area contributed by atoms with Crippen molar-refractivity contribution in [3.05, 3.63) is 58.1 Å². The van der Waals surface area contributed by atoms with Gasteiger partial charge in [0.1, 0.15) is 6.61 Å². The number of rotatable bonds is 10. The van der Waals surface area contributed by atoms with E-state index < -0.39 is 0 Å². The van der Waals surface area contributed by atoms with Crippen LogP contribution in [-0.2, 0) is 17.9 Å². The fraction of sp³-hybridized carbons (Fsp3) is 0.400. The Kier molecular flexibility index (Phi) is 8.06. The first kappa shape index (κ1) is 19.6. The van der Waals surface area contributed by atoms with Gasteiger partial charge < -0.3 is 19.5 Å². The Bertz CT molecular complexity index is 659. The van der Waals surface area contributed by atoms with Crippen molar-refractivity contribution in [2.75, 3.05) is 27.4 Å². The average Bonchev–Trinajstić information content (AvgIpc) is 2.61. The highest BCUT2D eigenvalue weighted by atomic mass is 35.5. The zero-order valence-electron chi connectivity index (χ0n) is 15.1. The molecule has 5 heteroatoms. The number of hydrogen-bond donors (Lipinski definition) is 1. The molecule has 1 N–H and O–H groups in total. The Morgan fingerprint density at radius 1 is 1.04 bits per heavy atom. The van der Waals surface area contributed by atoms with Gasteiger partial charge in [-0.1, -0.05) is 41.4 Å². The minimum absolute atomic E-state index is 0.449. The number of aryl methyl sites for hydroxylation is 1. The van der Waals surface area contributed by atoms with E-state index in [-0.39, 0.29) is 0 Å². The number of ether oxygens (including phenoxy) is 3. The van der Waals surface area contributed by atoms with E-state index >= 15 is 0 Å². The molecule has 0 saturated carbocycles. The summed E-state index contributed by atoms with van der Waals surface area (Å²) in [7, 11) is 3.33. The van der Waals surface area contributed by atoms with Crippen molar-refractivity contribution in [3.8, 4) is 11.5 Å². The highest BCUT2D eigenvalue weighted by Crippen LogP contribution is 2.37. The molecule has 2 aromatic rings. The third-order valence-corrected chi connectivity index (χ3v) is 4.10. The van der Waals surface area contributed by atoms with Gasteiger partial charge in [0.05, 0.1) is 12.1 Å². The van der Waals surface area contributed by atoms with Gasteiger partial charge in [-0.05, 0) is 43.1 Å². The first-order valence-corrected chi connectivity index (χ1v) is 8.76. The summed E-state index contributed by atoms with van der Waals surface area (Å²) >= 11 is 6.41. The second kappa shape index (κ2) is 10.3. The minimum atomic E-state index is 0.449. The summed E-state index contributed by atoms with van der Waals surface area (Å²) in [5.74, 6) is 1.22. The van der Waals surface area contributed by atoms with E-state index in [1.807, 2.05) is 24.3 Å². The molecular formula is C20H26ClNO3. The number of halogens is 1. The highest BCUT2D eigenvalue weighted by molar-refractivity contribution is 6.32. The largest absolute Gasteiger partial charge is 0.493 e. The predicted octanol–water partition coefficient (Wildman–Crippen LogP) is 4.36. The molecule has 0 atom stereocenters. The molecular weight excluding hydrogens is 338 g/mol. The van der Waals surface area contributed by atoms with Gasteiger partial charge in [-0.25, -0.2) is 0 Å². The number of nitrogens with one attached hydrogen (secondary N) is 1. The molecule has 136 valence electrons. The van der Waals surface area contributed by atoms with Crippen LogP contribution in [-0.4, -0.2) is 27.4 Å². The summed E-state index contributed by atoms with van der Waals surface area (Å²) in [5.41, 5.74) is 3.37. The van der Waals surface area contributed by atoms with Crippen molar-refractivity contribution in [1.29, 1.82) is 0 Å². The zero-order chi connectivity index (χ0) is 18.1. The lowest BCUT2D eigenvalue weighted by Gasteiger charge is -2.15. The fourth-order valence-corrected chi connectivity index (χ4v) is 2.72. The lowest BCUT2D eigenvalue weighted by molar-refractivity contribution is 0.194. The Labute approximate surface area is 155 Å². The molecule has 0 heterocycles. The third kappa shape index (κ3) is 6.24. The molecule has 0 aliphatic heterocycles. The minimum Gasteiger partial charge on any atom is -0.493 e. The van der Waals surface area contributed by atoms with Crippen molar-refractivity contribution in [1.82, 2.24) is 5.32 Å². The smallest absolute Gasteiger partial charge is 0.180 e. The van der Waals surface area contributed by atoms with Gasteiger partial charge in [-0.3, -0.25) is 0 Å². The van der Waals surface area contributed by atoms with Crippen LogP contribution in [0.3, 0.4) is 0 Å². The molecule has 2 aromatic carbocycles. The number of benzene rings is 2. The Hall–Kier alpha value is -1.75. The molecule has 0 bridgehead atoms. The summed E-state index contributed by atoms with van der Waals surface area (Å²) in [6, 6.07) is 12.1. The fourth-order valence-electron chi connectivity index (χ4n) is 2.43. The lowest BCUT2D eigenvalue weighted by Crippen LogP contribution is -2.16. The van der Waals surface area contributed by atoms with Crippen molar-refractivity contribution in [3.63, 3.8) is 0 Å². The van der Waals surface area contributed by atoms with Crippen molar-refractivity contribution in [2.24, 2.45) is 0 Å². The molecule has 0 fully saturated rings. The van der Waals surface area contributed by atoms with Crippen molar-refractivity contribution >= 4 is 11.6 Å². The van der Waals surface area contributed by atoms with Gasteiger partial charge in [0.25, 0.3) is 0 Å². The van der Waals surface area contributed by atoms with Gasteiger partial charge in [0, 0.05) is 20.3 Å².